The van der Waals surface area contributed by atoms with Gasteiger partial charge in [0.2, 0.25) is 5.95 Å². The van der Waals surface area contributed by atoms with Crippen molar-refractivity contribution in [3.8, 4) is 0 Å². The number of fused-ring (bicyclic) bond motifs is 1. The van der Waals surface area contributed by atoms with Crippen LogP contribution in [0, 0.1) is 5.92 Å². The molecule has 0 spiro atoms. The molecule has 2 N–H and O–H groups in total. The van der Waals surface area contributed by atoms with Crippen LogP contribution in [0.3, 0.4) is 0 Å². The summed E-state index contributed by atoms with van der Waals surface area (Å²) in [6, 6.07) is 7.45. The Labute approximate surface area is 118 Å². The molecule has 1 aromatic heterocycles. The number of aromatic amines is 1. The number of aromatic nitrogens is 2. The Kier molecular flexibility index (Phi) is 3.39. The maximum absolute atomic E-state index is 12.3. The third-order valence-electron chi connectivity index (χ3n) is 3.57. The lowest BCUT2D eigenvalue weighted by Gasteiger charge is -2.29. The number of para-hydroxylation sites is 2. The fourth-order valence-corrected chi connectivity index (χ4v) is 3.84. The topological polar surface area (TPSA) is 78.1 Å². The van der Waals surface area contributed by atoms with Gasteiger partial charge in [-0.1, -0.05) is 19.1 Å². The summed E-state index contributed by atoms with van der Waals surface area (Å²) in [6.07, 6.45) is 1.98. The van der Waals surface area contributed by atoms with E-state index in [1.54, 1.807) is 0 Å². The van der Waals surface area contributed by atoms with Crippen LogP contribution in [0.4, 0.5) is 5.95 Å². The summed E-state index contributed by atoms with van der Waals surface area (Å²) in [7, 11) is -3.53. The second kappa shape index (κ2) is 5.06. The average molecular weight is 294 g/mol. The first-order valence-electron chi connectivity index (χ1n) is 6.77. The first-order chi connectivity index (χ1) is 9.54. The van der Waals surface area contributed by atoms with E-state index in [2.05, 4.69) is 21.6 Å². The predicted molar refractivity (Wildman–Crippen MR) is 78.6 cm³/mol. The van der Waals surface area contributed by atoms with E-state index < -0.39 is 10.2 Å². The quantitative estimate of drug-likeness (QED) is 0.908. The monoisotopic (exact) mass is 294 g/mol. The molecule has 0 bridgehead atoms. The molecule has 108 valence electrons. The van der Waals surface area contributed by atoms with Gasteiger partial charge in [-0.2, -0.15) is 12.7 Å². The first-order valence-corrected chi connectivity index (χ1v) is 8.21. The molecule has 0 amide bonds. The van der Waals surface area contributed by atoms with E-state index in [1.807, 2.05) is 24.3 Å². The van der Waals surface area contributed by atoms with Gasteiger partial charge in [-0.15, -0.1) is 0 Å². The smallest absolute Gasteiger partial charge is 0.303 e. The Morgan fingerprint density at radius 3 is 2.95 bits per heavy atom. The fraction of sp³-hybridized carbons (Fsp3) is 0.462. The van der Waals surface area contributed by atoms with Gasteiger partial charge in [0.05, 0.1) is 11.0 Å². The van der Waals surface area contributed by atoms with Crippen LogP contribution in [0.15, 0.2) is 24.3 Å². The highest BCUT2D eigenvalue weighted by atomic mass is 32.2. The molecule has 1 aromatic carbocycles. The van der Waals surface area contributed by atoms with E-state index in [0.717, 1.165) is 23.9 Å². The van der Waals surface area contributed by atoms with Crippen LogP contribution in [-0.4, -0.2) is 35.8 Å². The molecular weight excluding hydrogens is 276 g/mol. The molecule has 1 aliphatic rings. The zero-order valence-corrected chi connectivity index (χ0v) is 12.2. The molecule has 7 heteroatoms. The Bertz CT molecular complexity index is 677. The molecule has 1 atom stereocenters. The second-order valence-electron chi connectivity index (χ2n) is 5.32. The van der Waals surface area contributed by atoms with E-state index in [1.165, 1.54) is 4.31 Å². The van der Waals surface area contributed by atoms with Crippen molar-refractivity contribution in [3.63, 3.8) is 0 Å². The Morgan fingerprint density at radius 1 is 1.40 bits per heavy atom. The lowest BCUT2D eigenvalue weighted by atomic mass is 10.0. The van der Waals surface area contributed by atoms with Crippen molar-refractivity contribution in [3.05, 3.63) is 24.3 Å². The van der Waals surface area contributed by atoms with Gasteiger partial charge in [-0.05, 0) is 30.9 Å². The molecule has 0 aliphatic carbocycles. The van der Waals surface area contributed by atoms with Gasteiger partial charge < -0.3 is 4.98 Å². The van der Waals surface area contributed by atoms with E-state index in [-0.39, 0.29) is 5.95 Å². The standard InChI is InChI=1S/C13H18N4O2S/c1-10-5-4-8-17(9-10)20(18,19)16-13-14-11-6-2-3-7-12(11)15-13/h2-3,6-7,10H,4-5,8-9H2,1H3,(H2,14,15,16). The van der Waals surface area contributed by atoms with Crippen LogP contribution in [0.25, 0.3) is 11.0 Å². The van der Waals surface area contributed by atoms with Gasteiger partial charge in [-0.3, -0.25) is 0 Å². The summed E-state index contributed by atoms with van der Waals surface area (Å²) in [5, 5.41) is 0. The van der Waals surface area contributed by atoms with E-state index in [4.69, 9.17) is 0 Å². The summed E-state index contributed by atoms with van der Waals surface area (Å²) in [5.41, 5.74) is 1.56. The van der Waals surface area contributed by atoms with Crippen molar-refractivity contribution in [2.45, 2.75) is 19.8 Å². The maximum Gasteiger partial charge on any atom is 0.303 e. The molecular formula is C13H18N4O2S. The minimum atomic E-state index is -3.53. The molecule has 0 radical (unpaired) electrons. The third-order valence-corrected chi connectivity index (χ3v) is 5.04. The molecule has 2 heterocycles. The van der Waals surface area contributed by atoms with Crippen LogP contribution in [-0.2, 0) is 10.2 Å². The van der Waals surface area contributed by atoms with Gasteiger partial charge in [0.25, 0.3) is 0 Å². The molecule has 1 unspecified atom stereocenters. The molecule has 1 fully saturated rings. The lowest BCUT2D eigenvalue weighted by Crippen LogP contribution is -2.42. The van der Waals surface area contributed by atoms with Crippen LogP contribution in [0.1, 0.15) is 19.8 Å². The van der Waals surface area contributed by atoms with Crippen molar-refractivity contribution in [2.24, 2.45) is 5.92 Å². The summed E-state index contributed by atoms with van der Waals surface area (Å²) in [4.78, 5) is 7.21. The van der Waals surface area contributed by atoms with E-state index in [0.29, 0.717) is 19.0 Å². The summed E-state index contributed by atoms with van der Waals surface area (Å²) in [6.45, 7) is 3.21. The number of benzene rings is 1. The number of hydrogen-bond donors (Lipinski definition) is 2. The summed E-state index contributed by atoms with van der Waals surface area (Å²) < 4.78 is 28.7. The SMILES string of the molecule is CC1CCCN(S(=O)(=O)Nc2nc3ccccc3[nH]2)C1. The number of nitrogens with zero attached hydrogens (tertiary/aromatic N) is 2. The third kappa shape index (κ3) is 2.64. The number of hydrogen-bond acceptors (Lipinski definition) is 3. The fourth-order valence-electron chi connectivity index (χ4n) is 2.55. The maximum atomic E-state index is 12.3. The van der Waals surface area contributed by atoms with Gasteiger partial charge in [0, 0.05) is 13.1 Å². The number of anilines is 1. The second-order valence-corrected chi connectivity index (χ2v) is 6.99. The highest BCUT2D eigenvalue weighted by Crippen LogP contribution is 2.20. The van der Waals surface area contributed by atoms with Gasteiger partial charge in [-0.25, -0.2) is 9.71 Å². The summed E-state index contributed by atoms with van der Waals surface area (Å²) in [5.74, 6) is 0.667. The molecule has 1 aliphatic heterocycles. The van der Waals surface area contributed by atoms with E-state index >= 15 is 0 Å². The zero-order valence-electron chi connectivity index (χ0n) is 11.3. The number of imidazole rings is 1. The number of piperidine rings is 1. The van der Waals surface area contributed by atoms with Crippen LogP contribution in [0.5, 0.6) is 0 Å². The molecule has 3 rings (SSSR count). The van der Waals surface area contributed by atoms with Gasteiger partial charge >= 0.3 is 10.2 Å². The van der Waals surface area contributed by atoms with Gasteiger partial charge in [0.1, 0.15) is 0 Å². The zero-order chi connectivity index (χ0) is 14.2. The van der Waals surface area contributed by atoms with Crippen molar-refractivity contribution < 1.29 is 8.42 Å². The van der Waals surface area contributed by atoms with Crippen molar-refractivity contribution in [2.75, 3.05) is 17.8 Å². The normalized spacial score (nSPS) is 21.1. The number of rotatable bonds is 3. The molecule has 20 heavy (non-hydrogen) atoms. The van der Waals surface area contributed by atoms with Crippen molar-refractivity contribution in [1.82, 2.24) is 14.3 Å². The predicted octanol–water partition coefficient (Wildman–Crippen LogP) is 1.95. The molecule has 2 aromatic rings. The summed E-state index contributed by atoms with van der Waals surface area (Å²) >= 11 is 0. The molecule has 1 saturated heterocycles. The number of nitrogens with one attached hydrogen (secondary N) is 2. The number of H-pyrrole nitrogens is 1. The van der Waals surface area contributed by atoms with Gasteiger partial charge in [0.15, 0.2) is 0 Å². The minimum Gasteiger partial charge on any atom is -0.323 e. The largest absolute Gasteiger partial charge is 0.323 e. The average Bonchev–Trinajstić information content (AvgIpc) is 2.80. The molecule has 0 saturated carbocycles. The molecule has 6 nitrogen and oxygen atoms in total. The van der Waals surface area contributed by atoms with Crippen molar-refractivity contribution >= 4 is 27.2 Å². The Hall–Kier alpha value is -1.60. The van der Waals surface area contributed by atoms with Crippen LogP contribution >= 0.6 is 0 Å². The highest BCUT2D eigenvalue weighted by Gasteiger charge is 2.27. The Morgan fingerprint density at radius 2 is 2.20 bits per heavy atom. The highest BCUT2D eigenvalue weighted by molar-refractivity contribution is 7.90. The van der Waals surface area contributed by atoms with E-state index in [9.17, 15) is 8.42 Å². The lowest BCUT2D eigenvalue weighted by molar-refractivity contribution is 0.282. The first kappa shape index (κ1) is 13.4. The minimum absolute atomic E-state index is 0.268. The van der Waals surface area contributed by atoms with Crippen molar-refractivity contribution in [1.29, 1.82) is 0 Å². The van der Waals surface area contributed by atoms with Crippen LogP contribution in [0.2, 0.25) is 0 Å². The van der Waals surface area contributed by atoms with Crippen LogP contribution < -0.4 is 4.72 Å². The Balaban J connectivity index is 1.81.